The molecule has 5 heteroatoms. The number of ether oxygens (including phenoxy) is 1. The number of halogens is 1. The molecular formula is C16H24IN3O. The molecule has 0 saturated carbocycles. The number of rotatable bonds is 4. The van der Waals surface area contributed by atoms with Crippen molar-refractivity contribution in [3.05, 3.63) is 41.0 Å². The Bertz CT molecular complexity index is 526. The summed E-state index contributed by atoms with van der Waals surface area (Å²) in [5.41, 5.74) is 10.8. The summed E-state index contributed by atoms with van der Waals surface area (Å²) in [6.45, 7) is 6.46. The molecule has 0 saturated heterocycles. The third-order valence-electron chi connectivity index (χ3n) is 3.55. The number of nitrogens with zero attached hydrogens (tertiary/aromatic N) is 1. The third kappa shape index (κ3) is 6.05. The zero-order chi connectivity index (χ0) is 14.4. The number of hydrogen-bond donors (Lipinski definition) is 2. The highest BCUT2D eigenvalue weighted by atomic mass is 127. The molecule has 2 rings (SSSR count). The van der Waals surface area contributed by atoms with E-state index in [0.717, 1.165) is 38.3 Å². The minimum Gasteiger partial charge on any atom is -0.377 e. The topological polar surface area (TPSA) is 59.6 Å². The predicted octanol–water partition coefficient (Wildman–Crippen LogP) is 3.38. The number of nitrogens with two attached hydrogens (primary N) is 1. The van der Waals surface area contributed by atoms with Crippen LogP contribution >= 0.6 is 24.0 Å². The molecule has 0 aromatic heterocycles. The molecule has 116 valence electrons. The molecule has 0 aliphatic carbocycles. The Morgan fingerprint density at radius 3 is 2.81 bits per heavy atom. The molecule has 1 aliphatic heterocycles. The van der Waals surface area contributed by atoms with Crippen LogP contribution in [0.4, 0.5) is 5.69 Å². The lowest BCUT2D eigenvalue weighted by Crippen LogP contribution is -2.23. The Labute approximate surface area is 143 Å². The standard InChI is InChI=1S/C16H23N3O.HI/c1-12-3-4-15(11-13(12)2)19-16(17)18-8-5-14-6-9-20-10-7-14;/h3-4,6,11H,5,7-10H2,1-2H3,(H3,17,18,19);1H. The fourth-order valence-electron chi connectivity index (χ4n) is 2.12. The van der Waals surface area contributed by atoms with Crippen LogP contribution in [0, 0.1) is 13.8 Å². The Morgan fingerprint density at radius 1 is 1.33 bits per heavy atom. The van der Waals surface area contributed by atoms with Gasteiger partial charge in [0.25, 0.3) is 0 Å². The largest absolute Gasteiger partial charge is 0.377 e. The minimum atomic E-state index is 0. The first-order valence-corrected chi connectivity index (χ1v) is 7.05. The van der Waals surface area contributed by atoms with E-state index >= 15 is 0 Å². The normalized spacial score (nSPS) is 15.1. The second-order valence-electron chi connectivity index (χ2n) is 5.13. The molecule has 1 aliphatic rings. The molecule has 21 heavy (non-hydrogen) atoms. The summed E-state index contributed by atoms with van der Waals surface area (Å²) in [4.78, 5) is 4.37. The van der Waals surface area contributed by atoms with E-state index in [1.165, 1.54) is 16.7 Å². The molecule has 0 unspecified atom stereocenters. The van der Waals surface area contributed by atoms with Crippen LogP contribution in [0.15, 0.2) is 34.8 Å². The van der Waals surface area contributed by atoms with Gasteiger partial charge in [0, 0.05) is 12.2 Å². The second kappa shape index (κ2) is 9.04. The van der Waals surface area contributed by atoms with E-state index < -0.39 is 0 Å². The van der Waals surface area contributed by atoms with Gasteiger partial charge in [-0.05, 0) is 49.9 Å². The fourth-order valence-corrected chi connectivity index (χ4v) is 2.12. The fraction of sp³-hybridized carbons (Fsp3) is 0.438. The monoisotopic (exact) mass is 401 g/mol. The van der Waals surface area contributed by atoms with Crippen molar-refractivity contribution in [2.45, 2.75) is 26.7 Å². The summed E-state index contributed by atoms with van der Waals surface area (Å²) in [7, 11) is 0. The number of anilines is 1. The summed E-state index contributed by atoms with van der Waals surface area (Å²) in [6.07, 6.45) is 4.12. The van der Waals surface area contributed by atoms with Gasteiger partial charge in [0.05, 0.1) is 13.2 Å². The predicted molar refractivity (Wildman–Crippen MR) is 99.6 cm³/mol. The number of aliphatic imine (C=N–C) groups is 1. The van der Waals surface area contributed by atoms with Crippen LogP contribution in [-0.4, -0.2) is 25.7 Å². The molecule has 1 heterocycles. The Balaban J connectivity index is 0.00000220. The van der Waals surface area contributed by atoms with Gasteiger partial charge < -0.3 is 15.8 Å². The van der Waals surface area contributed by atoms with Crippen molar-refractivity contribution in [1.82, 2.24) is 0 Å². The summed E-state index contributed by atoms with van der Waals surface area (Å²) in [6, 6.07) is 6.18. The lowest BCUT2D eigenvalue weighted by molar-refractivity contribution is 0.153. The van der Waals surface area contributed by atoms with Crippen molar-refractivity contribution in [3.63, 3.8) is 0 Å². The van der Waals surface area contributed by atoms with Crippen LogP contribution < -0.4 is 11.1 Å². The summed E-state index contributed by atoms with van der Waals surface area (Å²) < 4.78 is 5.28. The van der Waals surface area contributed by atoms with Crippen molar-refractivity contribution in [2.24, 2.45) is 10.7 Å². The van der Waals surface area contributed by atoms with Gasteiger partial charge in [-0.1, -0.05) is 17.7 Å². The third-order valence-corrected chi connectivity index (χ3v) is 3.55. The summed E-state index contributed by atoms with van der Waals surface area (Å²) in [5.74, 6) is 0.473. The number of nitrogens with one attached hydrogen (secondary N) is 1. The zero-order valence-electron chi connectivity index (χ0n) is 12.7. The van der Waals surface area contributed by atoms with Gasteiger partial charge in [-0.3, -0.25) is 4.99 Å². The maximum absolute atomic E-state index is 5.90. The number of guanidine groups is 1. The van der Waals surface area contributed by atoms with Gasteiger partial charge >= 0.3 is 0 Å². The smallest absolute Gasteiger partial charge is 0.193 e. The summed E-state index contributed by atoms with van der Waals surface area (Å²) >= 11 is 0. The van der Waals surface area contributed by atoms with Crippen LogP contribution in [0.2, 0.25) is 0 Å². The van der Waals surface area contributed by atoms with E-state index in [4.69, 9.17) is 10.5 Å². The van der Waals surface area contributed by atoms with E-state index in [2.05, 4.69) is 42.4 Å². The molecule has 0 radical (unpaired) electrons. The lowest BCUT2D eigenvalue weighted by Gasteiger charge is -2.12. The van der Waals surface area contributed by atoms with Crippen molar-refractivity contribution < 1.29 is 4.74 Å². The van der Waals surface area contributed by atoms with Crippen LogP contribution in [0.5, 0.6) is 0 Å². The molecule has 0 fully saturated rings. The number of benzene rings is 1. The van der Waals surface area contributed by atoms with Crippen molar-refractivity contribution >= 4 is 35.6 Å². The molecule has 1 aromatic rings. The molecule has 0 atom stereocenters. The highest BCUT2D eigenvalue weighted by molar-refractivity contribution is 14.0. The Kier molecular flexibility index (Phi) is 7.74. The molecular weight excluding hydrogens is 377 g/mol. The second-order valence-corrected chi connectivity index (χ2v) is 5.13. The van der Waals surface area contributed by atoms with Crippen molar-refractivity contribution in [1.29, 1.82) is 0 Å². The van der Waals surface area contributed by atoms with E-state index in [9.17, 15) is 0 Å². The lowest BCUT2D eigenvalue weighted by atomic mass is 10.1. The molecule has 4 nitrogen and oxygen atoms in total. The molecule has 0 amide bonds. The average Bonchev–Trinajstić information content (AvgIpc) is 2.44. The van der Waals surface area contributed by atoms with E-state index in [1.807, 2.05) is 6.07 Å². The molecule has 1 aromatic carbocycles. The molecule has 0 spiro atoms. The number of hydrogen-bond acceptors (Lipinski definition) is 2. The van der Waals surface area contributed by atoms with E-state index in [-0.39, 0.29) is 24.0 Å². The van der Waals surface area contributed by atoms with Crippen LogP contribution in [0.25, 0.3) is 0 Å². The highest BCUT2D eigenvalue weighted by Crippen LogP contribution is 2.14. The van der Waals surface area contributed by atoms with E-state index in [0.29, 0.717) is 5.96 Å². The minimum absolute atomic E-state index is 0. The SMILES string of the molecule is Cc1ccc(NC(N)=NCCC2=CCOCC2)cc1C.I. The van der Waals surface area contributed by atoms with Crippen molar-refractivity contribution in [2.75, 3.05) is 25.1 Å². The van der Waals surface area contributed by atoms with E-state index in [1.54, 1.807) is 0 Å². The van der Waals surface area contributed by atoms with Crippen molar-refractivity contribution in [3.8, 4) is 0 Å². The van der Waals surface area contributed by atoms with Gasteiger partial charge in [-0.15, -0.1) is 24.0 Å². The maximum Gasteiger partial charge on any atom is 0.193 e. The molecule has 3 N–H and O–H groups in total. The number of aryl methyl sites for hydroxylation is 2. The first-order valence-electron chi connectivity index (χ1n) is 7.05. The zero-order valence-corrected chi connectivity index (χ0v) is 15.0. The first kappa shape index (κ1) is 18.0. The maximum atomic E-state index is 5.90. The van der Waals surface area contributed by atoms with Gasteiger partial charge in [-0.25, -0.2) is 0 Å². The first-order chi connectivity index (χ1) is 9.65. The Morgan fingerprint density at radius 2 is 2.14 bits per heavy atom. The highest BCUT2D eigenvalue weighted by Gasteiger charge is 2.03. The molecule has 0 bridgehead atoms. The van der Waals surface area contributed by atoms with Crippen LogP contribution in [0.1, 0.15) is 24.0 Å². The average molecular weight is 401 g/mol. The van der Waals surface area contributed by atoms with Crippen LogP contribution in [0.3, 0.4) is 0 Å². The Hall–Kier alpha value is -1.08. The van der Waals surface area contributed by atoms with Gasteiger partial charge in [0.2, 0.25) is 0 Å². The summed E-state index contributed by atoms with van der Waals surface area (Å²) in [5, 5.41) is 3.13. The van der Waals surface area contributed by atoms with Gasteiger partial charge in [-0.2, -0.15) is 0 Å². The van der Waals surface area contributed by atoms with Gasteiger partial charge in [0.1, 0.15) is 0 Å². The quantitative estimate of drug-likeness (QED) is 0.352. The van der Waals surface area contributed by atoms with Gasteiger partial charge in [0.15, 0.2) is 5.96 Å². The van der Waals surface area contributed by atoms with Crippen LogP contribution in [-0.2, 0) is 4.74 Å².